The Bertz CT molecular complexity index is 1130. The van der Waals surface area contributed by atoms with Gasteiger partial charge in [0.15, 0.2) is 4.96 Å². The van der Waals surface area contributed by atoms with Gasteiger partial charge in [0.05, 0.1) is 22.2 Å². The summed E-state index contributed by atoms with van der Waals surface area (Å²) in [5.41, 5.74) is 3.35. The number of imidazole rings is 1. The van der Waals surface area contributed by atoms with Crippen molar-refractivity contribution in [2.24, 2.45) is 0 Å². The number of fused-ring (bicyclic) bond motifs is 3. The van der Waals surface area contributed by atoms with Gasteiger partial charge in [-0.05, 0) is 24.3 Å². The van der Waals surface area contributed by atoms with Crippen LogP contribution in [0.5, 0.6) is 0 Å². The van der Waals surface area contributed by atoms with E-state index < -0.39 is 10.0 Å². The zero-order valence-corrected chi connectivity index (χ0v) is 13.9. The normalized spacial score (nSPS) is 12.0. The summed E-state index contributed by atoms with van der Waals surface area (Å²) in [6.07, 6.45) is 3.12. The molecule has 1 N–H and O–H groups in total. The van der Waals surface area contributed by atoms with Crippen LogP contribution in [0.2, 0.25) is 0 Å². The molecular formula is C16H13N3O2S2. The average molecular weight is 343 g/mol. The van der Waals surface area contributed by atoms with Crippen LogP contribution in [-0.4, -0.2) is 24.1 Å². The van der Waals surface area contributed by atoms with E-state index in [-0.39, 0.29) is 0 Å². The van der Waals surface area contributed by atoms with E-state index in [1.54, 1.807) is 23.5 Å². The van der Waals surface area contributed by atoms with E-state index in [9.17, 15) is 8.42 Å². The van der Waals surface area contributed by atoms with Gasteiger partial charge in [-0.15, -0.1) is 0 Å². The highest BCUT2D eigenvalue weighted by Gasteiger charge is 2.10. The molecule has 116 valence electrons. The minimum Gasteiger partial charge on any atom is -0.290 e. The molecule has 23 heavy (non-hydrogen) atoms. The standard InChI is InChI=1S/C16H13N3O2S2/c1-23(20,21)18-12-6-4-5-11(9-12)13-10-19-14-7-2-3-8-15(14)22-16(19)17-13/h2-10,18H,1H3. The van der Waals surface area contributed by atoms with E-state index in [0.29, 0.717) is 5.69 Å². The summed E-state index contributed by atoms with van der Waals surface area (Å²) >= 11 is 1.63. The second kappa shape index (κ2) is 5.07. The Morgan fingerprint density at radius 1 is 1.13 bits per heavy atom. The molecule has 0 aliphatic rings. The number of benzene rings is 2. The average Bonchev–Trinajstić information content (AvgIpc) is 3.03. The quantitative estimate of drug-likeness (QED) is 0.618. The monoisotopic (exact) mass is 343 g/mol. The summed E-state index contributed by atoms with van der Waals surface area (Å²) in [5.74, 6) is 0. The Hall–Kier alpha value is -2.38. The third-order valence-electron chi connectivity index (χ3n) is 3.46. The fourth-order valence-corrected chi connectivity index (χ4v) is 4.11. The van der Waals surface area contributed by atoms with Crippen LogP contribution >= 0.6 is 11.3 Å². The molecule has 0 atom stereocenters. The summed E-state index contributed by atoms with van der Waals surface area (Å²) in [5, 5.41) is 0. The van der Waals surface area contributed by atoms with Gasteiger partial charge in [0.1, 0.15) is 0 Å². The minimum absolute atomic E-state index is 0.534. The number of aromatic nitrogens is 2. The number of thiazole rings is 1. The number of hydrogen-bond donors (Lipinski definition) is 1. The van der Waals surface area contributed by atoms with Crippen molar-refractivity contribution >= 4 is 42.2 Å². The van der Waals surface area contributed by atoms with E-state index in [1.165, 1.54) is 4.70 Å². The van der Waals surface area contributed by atoms with Gasteiger partial charge in [0.2, 0.25) is 10.0 Å². The predicted molar refractivity (Wildman–Crippen MR) is 94.5 cm³/mol. The van der Waals surface area contributed by atoms with Crippen LogP contribution in [0, 0.1) is 0 Å². The van der Waals surface area contributed by atoms with Crippen molar-refractivity contribution in [3.8, 4) is 11.3 Å². The van der Waals surface area contributed by atoms with Crippen LogP contribution in [0.1, 0.15) is 0 Å². The van der Waals surface area contributed by atoms with Gasteiger partial charge in [0.25, 0.3) is 0 Å². The summed E-state index contributed by atoms with van der Waals surface area (Å²) in [4.78, 5) is 5.58. The van der Waals surface area contributed by atoms with E-state index in [4.69, 9.17) is 0 Å². The zero-order valence-electron chi connectivity index (χ0n) is 12.2. The molecule has 0 amide bonds. The SMILES string of the molecule is CS(=O)(=O)Nc1cccc(-c2cn3c(n2)sc2ccccc23)c1. The van der Waals surface area contributed by atoms with E-state index in [0.717, 1.165) is 28.0 Å². The highest BCUT2D eigenvalue weighted by Crippen LogP contribution is 2.30. The lowest BCUT2D eigenvalue weighted by Crippen LogP contribution is -2.09. The second-order valence-corrected chi connectivity index (χ2v) is 8.06. The van der Waals surface area contributed by atoms with E-state index in [2.05, 4.69) is 26.2 Å². The first kappa shape index (κ1) is 14.2. The minimum atomic E-state index is -3.29. The predicted octanol–water partition coefficient (Wildman–Crippen LogP) is 3.59. The van der Waals surface area contributed by atoms with Gasteiger partial charge in [-0.3, -0.25) is 9.12 Å². The van der Waals surface area contributed by atoms with Crippen molar-refractivity contribution in [1.29, 1.82) is 0 Å². The van der Waals surface area contributed by atoms with Crippen LogP contribution in [-0.2, 0) is 10.0 Å². The lowest BCUT2D eigenvalue weighted by molar-refractivity contribution is 0.607. The molecule has 0 radical (unpaired) electrons. The third-order valence-corrected chi connectivity index (χ3v) is 5.10. The number of rotatable bonds is 3. The van der Waals surface area contributed by atoms with Crippen LogP contribution in [0.3, 0.4) is 0 Å². The number of sulfonamides is 1. The molecule has 0 saturated heterocycles. The van der Waals surface area contributed by atoms with Crippen LogP contribution in [0.25, 0.3) is 26.4 Å². The van der Waals surface area contributed by atoms with Gasteiger partial charge >= 0.3 is 0 Å². The number of hydrogen-bond acceptors (Lipinski definition) is 4. The molecule has 5 nitrogen and oxygen atoms in total. The van der Waals surface area contributed by atoms with Gasteiger partial charge < -0.3 is 0 Å². The fourth-order valence-electron chi connectivity index (χ4n) is 2.54. The van der Waals surface area contributed by atoms with Crippen molar-refractivity contribution in [3.05, 3.63) is 54.7 Å². The van der Waals surface area contributed by atoms with Crippen LogP contribution < -0.4 is 4.72 Å². The summed E-state index contributed by atoms with van der Waals surface area (Å²) in [6, 6.07) is 15.4. The first-order valence-electron chi connectivity index (χ1n) is 6.94. The molecule has 0 fully saturated rings. The van der Waals surface area contributed by atoms with E-state index >= 15 is 0 Å². The maximum absolute atomic E-state index is 11.4. The summed E-state index contributed by atoms with van der Waals surface area (Å²) < 4.78 is 28.5. The molecule has 2 heterocycles. The molecule has 4 aromatic rings. The molecule has 0 aliphatic carbocycles. The van der Waals surface area contributed by atoms with Gasteiger partial charge in [-0.2, -0.15) is 0 Å². The Labute approximate surface area is 137 Å². The molecule has 0 aliphatic heterocycles. The van der Waals surface area contributed by atoms with Crippen molar-refractivity contribution in [3.63, 3.8) is 0 Å². The fraction of sp³-hybridized carbons (Fsp3) is 0.0625. The summed E-state index contributed by atoms with van der Waals surface area (Å²) in [7, 11) is -3.29. The number of para-hydroxylation sites is 1. The first-order valence-corrected chi connectivity index (χ1v) is 9.65. The van der Waals surface area contributed by atoms with Gasteiger partial charge in [0, 0.05) is 17.4 Å². The number of anilines is 1. The molecule has 0 spiro atoms. The van der Waals surface area contributed by atoms with Gasteiger partial charge in [-0.25, -0.2) is 13.4 Å². The zero-order chi connectivity index (χ0) is 16.0. The second-order valence-electron chi connectivity index (χ2n) is 5.30. The highest BCUT2D eigenvalue weighted by atomic mass is 32.2. The lowest BCUT2D eigenvalue weighted by Gasteiger charge is -2.05. The Balaban J connectivity index is 1.81. The van der Waals surface area contributed by atoms with E-state index in [1.807, 2.05) is 30.5 Å². The topological polar surface area (TPSA) is 63.5 Å². The van der Waals surface area contributed by atoms with Crippen LogP contribution in [0.15, 0.2) is 54.7 Å². The first-order chi connectivity index (χ1) is 11.0. The molecule has 7 heteroatoms. The van der Waals surface area contributed by atoms with Crippen molar-refractivity contribution in [2.45, 2.75) is 0 Å². The Kier molecular flexibility index (Phi) is 3.14. The van der Waals surface area contributed by atoms with Crippen LogP contribution in [0.4, 0.5) is 5.69 Å². The maximum Gasteiger partial charge on any atom is 0.229 e. The third kappa shape index (κ3) is 2.69. The largest absolute Gasteiger partial charge is 0.290 e. The Morgan fingerprint density at radius 2 is 1.96 bits per heavy atom. The number of nitrogens with one attached hydrogen (secondary N) is 1. The summed E-state index contributed by atoms with van der Waals surface area (Å²) in [6.45, 7) is 0. The van der Waals surface area contributed by atoms with Crippen molar-refractivity contribution < 1.29 is 8.42 Å². The smallest absolute Gasteiger partial charge is 0.229 e. The Morgan fingerprint density at radius 3 is 2.78 bits per heavy atom. The molecule has 2 aromatic carbocycles. The number of nitrogens with zero attached hydrogens (tertiary/aromatic N) is 2. The highest BCUT2D eigenvalue weighted by molar-refractivity contribution is 7.92. The van der Waals surface area contributed by atoms with Crippen molar-refractivity contribution in [2.75, 3.05) is 11.0 Å². The molecule has 2 aromatic heterocycles. The molecule has 0 saturated carbocycles. The molecule has 0 unspecified atom stereocenters. The van der Waals surface area contributed by atoms with Crippen molar-refractivity contribution in [1.82, 2.24) is 9.38 Å². The lowest BCUT2D eigenvalue weighted by atomic mass is 10.1. The molecule has 4 rings (SSSR count). The molecule has 0 bridgehead atoms. The maximum atomic E-state index is 11.4. The molecular weight excluding hydrogens is 330 g/mol. The van der Waals surface area contributed by atoms with Gasteiger partial charge in [-0.1, -0.05) is 35.6 Å².